The Kier molecular flexibility index (Phi) is 5.03. The van der Waals surface area contributed by atoms with Crippen molar-refractivity contribution < 1.29 is 9.53 Å². The number of aromatic nitrogens is 1. The van der Waals surface area contributed by atoms with Crippen molar-refractivity contribution in [2.45, 2.75) is 44.6 Å². The van der Waals surface area contributed by atoms with Crippen LogP contribution in [0.2, 0.25) is 0 Å². The zero-order valence-electron chi connectivity index (χ0n) is 16.6. The van der Waals surface area contributed by atoms with E-state index in [-0.39, 0.29) is 12.0 Å². The maximum atomic E-state index is 13.0. The van der Waals surface area contributed by atoms with Gasteiger partial charge in [0.2, 0.25) is 0 Å². The maximum absolute atomic E-state index is 13.0. The van der Waals surface area contributed by atoms with Crippen LogP contribution in [0.1, 0.15) is 47.2 Å². The van der Waals surface area contributed by atoms with Gasteiger partial charge in [0.25, 0.3) is 5.91 Å². The molecule has 3 aromatic rings. The van der Waals surface area contributed by atoms with Crippen LogP contribution in [0, 0.1) is 0 Å². The molecule has 4 nitrogen and oxygen atoms in total. The highest BCUT2D eigenvalue weighted by molar-refractivity contribution is 6.07. The number of amides is 1. The second kappa shape index (κ2) is 7.96. The molecule has 148 valence electrons. The van der Waals surface area contributed by atoms with Crippen LogP contribution in [0.25, 0.3) is 22.2 Å². The van der Waals surface area contributed by atoms with E-state index in [1.54, 1.807) is 0 Å². The zero-order chi connectivity index (χ0) is 19.6. The number of nitrogens with zero attached hydrogens (tertiary/aromatic N) is 1. The van der Waals surface area contributed by atoms with Crippen molar-refractivity contribution in [1.29, 1.82) is 0 Å². The summed E-state index contributed by atoms with van der Waals surface area (Å²) >= 11 is 0. The molecule has 29 heavy (non-hydrogen) atoms. The fraction of sp³-hybridized carbons (Fsp3) is 0.360. The Bertz CT molecular complexity index is 1050. The van der Waals surface area contributed by atoms with Gasteiger partial charge >= 0.3 is 0 Å². The molecule has 0 saturated carbocycles. The van der Waals surface area contributed by atoms with Crippen LogP contribution >= 0.6 is 0 Å². The number of hydrogen-bond donors (Lipinski definition) is 1. The minimum absolute atomic E-state index is 0.0571. The molecule has 1 aliphatic heterocycles. The number of para-hydroxylation sites is 1. The Morgan fingerprint density at radius 3 is 2.76 bits per heavy atom. The molecule has 5 rings (SSSR count). The molecule has 4 heteroatoms. The fourth-order valence-electron chi connectivity index (χ4n) is 4.51. The van der Waals surface area contributed by atoms with Gasteiger partial charge in [-0.25, -0.2) is 4.98 Å². The quantitative estimate of drug-likeness (QED) is 0.708. The second-order valence-electron chi connectivity index (χ2n) is 8.11. The molecule has 1 N–H and O–H groups in total. The van der Waals surface area contributed by atoms with E-state index in [0.29, 0.717) is 12.1 Å². The average Bonchev–Trinajstić information content (AvgIpc) is 3.30. The first-order chi connectivity index (χ1) is 14.3. The number of pyridine rings is 1. The van der Waals surface area contributed by atoms with Crippen LogP contribution in [-0.2, 0) is 17.6 Å². The summed E-state index contributed by atoms with van der Waals surface area (Å²) in [4.78, 5) is 17.9. The topological polar surface area (TPSA) is 51.2 Å². The average molecular weight is 386 g/mol. The molecule has 2 aromatic carbocycles. The minimum Gasteiger partial charge on any atom is -0.376 e. The number of benzene rings is 2. The molecule has 2 aliphatic rings. The van der Waals surface area contributed by atoms with Crippen LogP contribution in [0.5, 0.6) is 0 Å². The first kappa shape index (κ1) is 18.3. The lowest BCUT2D eigenvalue weighted by molar-refractivity contribution is 0.0859. The largest absolute Gasteiger partial charge is 0.376 e. The van der Waals surface area contributed by atoms with Gasteiger partial charge in [0.15, 0.2) is 0 Å². The molecule has 1 saturated heterocycles. The summed E-state index contributed by atoms with van der Waals surface area (Å²) in [6.45, 7) is 1.35. The van der Waals surface area contributed by atoms with Crippen LogP contribution in [0.15, 0.2) is 48.5 Å². The number of aryl methyl sites for hydroxylation is 2. The highest BCUT2D eigenvalue weighted by Crippen LogP contribution is 2.29. The lowest BCUT2D eigenvalue weighted by Gasteiger charge is -2.17. The predicted molar refractivity (Wildman–Crippen MR) is 115 cm³/mol. The van der Waals surface area contributed by atoms with Gasteiger partial charge in [0, 0.05) is 24.1 Å². The molecular formula is C25H26N2O2. The van der Waals surface area contributed by atoms with Crippen molar-refractivity contribution >= 4 is 16.8 Å². The van der Waals surface area contributed by atoms with Gasteiger partial charge in [-0.2, -0.15) is 0 Å². The van der Waals surface area contributed by atoms with E-state index in [9.17, 15) is 4.79 Å². The first-order valence-corrected chi connectivity index (χ1v) is 10.7. The van der Waals surface area contributed by atoms with E-state index in [4.69, 9.17) is 9.72 Å². The van der Waals surface area contributed by atoms with Crippen LogP contribution in [0.4, 0.5) is 0 Å². The molecular weight excluding hydrogens is 360 g/mol. The third-order valence-corrected chi connectivity index (χ3v) is 6.12. The monoisotopic (exact) mass is 386 g/mol. The normalized spacial score (nSPS) is 18.6. The van der Waals surface area contributed by atoms with E-state index in [1.165, 1.54) is 24.0 Å². The SMILES string of the molecule is O=C(NC[C@@H]1CCCO1)c1cc(-c2ccc3c(c2)CCCC3)nc2ccccc12. The minimum atomic E-state index is -0.0571. The first-order valence-electron chi connectivity index (χ1n) is 10.7. The Morgan fingerprint density at radius 1 is 1.03 bits per heavy atom. The molecule has 2 heterocycles. The predicted octanol–water partition coefficient (Wildman–Crippen LogP) is 4.69. The van der Waals surface area contributed by atoms with E-state index < -0.39 is 0 Å². The number of carbonyl (C=O) groups is 1. The summed E-state index contributed by atoms with van der Waals surface area (Å²) in [7, 11) is 0. The van der Waals surface area contributed by atoms with E-state index in [1.807, 2.05) is 30.3 Å². The summed E-state index contributed by atoms with van der Waals surface area (Å²) < 4.78 is 5.65. The molecule has 0 unspecified atom stereocenters. The van der Waals surface area contributed by atoms with Crippen LogP contribution in [0.3, 0.4) is 0 Å². The summed E-state index contributed by atoms with van der Waals surface area (Å²) in [6.07, 6.45) is 7.03. The Labute approximate surface area is 171 Å². The van der Waals surface area contributed by atoms with Crippen molar-refractivity contribution in [1.82, 2.24) is 10.3 Å². The molecule has 1 atom stereocenters. The van der Waals surface area contributed by atoms with Crippen molar-refractivity contribution in [2.24, 2.45) is 0 Å². The standard InChI is InChI=1S/C25H26N2O2/c28-25(26-16-20-8-5-13-29-20)22-15-24(27-23-10-4-3-9-21(22)23)19-12-11-17-6-1-2-7-18(17)14-19/h3-4,9-12,14-15,20H,1-2,5-8,13,16H2,(H,26,28)/t20-/m0/s1. The van der Waals surface area contributed by atoms with Gasteiger partial charge < -0.3 is 10.1 Å². The summed E-state index contributed by atoms with van der Waals surface area (Å²) in [5.74, 6) is -0.0571. The molecule has 1 aliphatic carbocycles. The highest BCUT2D eigenvalue weighted by atomic mass is 16.5. The Hall–Kier alpha value is -2.72. The summed E-state index contributed by atoms with van der Waals surface area (Å²) in [5, 5.41) is 3.96. The Balaban J connectivity index is 1.51. The van der Waals surface area contributed by atoms with Gasteiger partial charge in [0.1, 0.15) is 0 Å². The van der Waals surface area contributed by atoms with E-state index >= 15 is 0 Å². The fourth-order valence-corrected chi connectivity index (χ4v) is 4.51. The second-order valence-corrected chi connectivity index (χ2v) is 8.11. The highest BCUT2D eigenvalue weighted by Gasteiger charge is 2.19. The maximum Gasteiger partial charge on any atom is 0.252 e. The number of fused-ring (bicyclic) bond motifs is 2. The van der Waals surface area contributed by atoms with E-state index in [2.05, 4.69) is 23.5 Å². The van der Waals surface area contributed by atoms with Crippen molar-refractivity contribution in [3.8, 4) is 11.3 Å². The van der Waals surface area contributed by atoms with Crippen LogP contribution < -0.4 is 5.32 Å². The summed E-state index contributed by atoms with van der Waals surface area (Å²) in [5.41, 5.74) is 6.36. The molecule has 1 fully saturated rings. The molecule has 1 amide bonds. The van der Waals surface area contributed by atoms with Gasteiger partial charge in [-0.1, -0.05) is 30.3 Å². The zero-order valence-corrected chi connectivity index (χ0v) is 16.6. The lowest BCUT2D eigenvalue weighted by atomic mass is 9.89. The van der Waals surface area contributed by atoms with Crippen molar-refractivity contribution in [3.05, 3.63) is 65.2 Å². The number of hydrogen-bond acceptors (Lipinski definition) is 3. The van der Waals surface area contributed by atoms with E-state index in [0.717, 1.165) is 54.5 Å². The molecule has 0 bridgehead atoms. The molecule has 0 spiro atoms. The van der Waals surface area contributed by atoms with Gasteiger partial charge in [-0.15, -0.1) is 0 Å². The Morgan fingerprint density at radius 2 is 1.90 bits per heavy atom. The third kappa shape index (κ3) is 3.77. The smallest absolute Gasteiger partial charge is 0.252 e. The lowest BCUT2D eigenvalue weighted by Crippen LogP contribution is -2.31. The third-order valence-electron chi connectivity index (χ3n) is 6.12. The number of ether oxygens (including phenoxy) is 1. The molecule has 1 aromatic heterocycles. The van der Waals surface area contributed by atoms with Crippen molar-refractivity contribution in [3.63, 3.8) is 0 Å². The van der Waals surface area contributed by atoms with Gasteiger partial charge in [-0.05, 0) is 67.9 Å². The van der Waals surface area contributed by atoms with Crippen LogP contribution in [-0.4, -0.2) is 30.1 Å². The summed E-state index contributed by atoms with van der Waals surface area (Å²) in [6, 6.07) is 16.5. The number of carbonyl (C=O) groups excluding carboxylic acids is 1. The number of nitrogens with one attached hydrogen (secondary N) is 1. The van der Waals surface area contributed by atoms with Gasteiger partial charge in [-0.3, -0.25) is 4.79 Å². The molecule has 0 radical (unpaired) electrons. The van der Waals surface area contributed by atoms with Gasteiger partial charge in [0.05, 0.1) is 22.9 Å². The number of rotatable bonds is 4. The van der Waals surface area contributed by atoms with Crippen molar-refractivity contribution in [2.75, 3.05) is 13.2 Å².